The van der Waals surface area contributed by atoms with Gasteiger partial charge in [0, 0.05) is 4.88 Å². The van der Waals surface area contributed by atoms with Crippen molar-refractivity contribution >= 4 is 39.1 Å². The second kappa shape index (κ2) is 4.46. The number of hydrogen-bond donors (Lipinski definition) is 1. The van der Waals surface area contributed by atoms with Crippen LogP contribution in [0.1, 0.15) is 10.7 Å². The summed E-state index contributed by atoms with van der Waals surface area (Å²) in [4.78, 5) is 29.2. The third-order valence-corrected chi connectivity index (χ3v) is 3.40. The Bertz CT molecular complexity index is 647. The first-order chi connectivity index (χ1) is 8.02. The van der Waals surface area contributed by atoms with Gasteiger partial charge in [0.1, 0.15) is 16.5 Å². The van der Waals surface area contributed by atoms with Gasteiger partial charge in [0.2, 0.25) is 0 Å². The molecule has 0 aliphatic carbocycles. The highest BCUT2D eigenvalue weighted by Crippen LogP contribution is 2.19. The zero-order valence-corrected chi connectivity index (χ0v) is 10.9. The Balaban J connectivity index is 2.63. The van der Waals surface area contributed by atoms with Crippen LogP contribution in [0.25, 0.3) is 10.2 Å². The number of aryl methyl sites for hydroxylation is 2. The molecule has 0 aliphatic heterocycles. The molecule has 1 amide bonds. The van der Waals surface area contributed by atoms with Gasteiger partial charge in [0.05, 0.1) is 5.39 Å². The molecule has 0 fully saturated rings. The molecule has 7 heteroatoms. The summed E-state index contributed by atoms with van der Waals surface area (Å²) in [7, 11) is 0. The van der Waals surface area contributed by atoms with E-state index < -0.39 is 5.91 Å². The second-order valence-electron chi connectivity index (χ2n) is 3.54. The van der Waals surface area contributed by atoms with Gasteiger partial charge < -0.3 is 0 Å². The summed E-state index contributed by atoms with van der Waals surface area (Å²) in [6.45, 7) is 3.56. The van der Waals surface area contributed by atoms with E-state index in [0.29, 0.717) is 16.0 Å². The van der Waals surface area contributed by atoms with Crippen molar-refractivity contribution in [2.24, 2.45) is 0 Å². The number of nitrogens with one attached hydrogen (secondary N) is 1. The molecule has 0 spiro atoms. The molecule has 2 rings (SSSR count). The van der Waals surface area contributed by atoms with Gasteiger partial charge in [-0.1, -0.05) is 0 Å². The first kappa shape index (κ1) is 12.1. The number of carbonyl (C=O) groups is 1. The summed E-state index contributed by atoms with van der Waals surface area (Å²) in [5, 5.41) is 0.507. The molecular formula is C10H10ClN3O2S. The summed E-state index contributed by atoms with van der Waals surface area (Å²) in [5.74, 6) is -0.208. The molecule has 0 bridgehead atoms. The maximum Gasteiger partial charge on any atom is 0.281 e. The number of hydrogen-bond acceptors (Lipinski definition) is 4. The molecule has 0 radical (unpaired) electrons. The predicted octanol–water partition coefficient (Wildman–Crippen LogP) is 1.38. The zero-order valence-electron chi connectivity index (χ0n) is 9.28. The van der Waals surface area contributed by atoms with Crippen molar-refractivity contribution in [3.05, 3.63) is 27.1 Å². The summed E-state index contributed by atoms with van der Waals surface area (Å²) in [5.41, 5.74) is 2.12. The van der Waals surface area contributed by atoms with Crippen molar-refractivity contribution in [3.8, 4) is 0 Å². The quantitative estimate of drug-likeness (QED) is 0.840. The lowest BCUT2D eigenvalue weighted by atomic mass is 10.4. The first-order valence-corrected chi connectivity index (χ1v) is 6.23. The molecular weight excluding hydrogens is 262 g/mol. The third kappa shape index (κ3) is 2.18. The number of nitrogens with zero attached hydrogens (tertiary/aromatic N) is 2. The van der Waals surface area contributed by atoms with Crippen LogP contribution in [-0.4, -0.2) is 21.4 Å². The fourth-order valence-corrected chi connectivity index (χ4v) is 2.46. The van der Waals surface area contributed by atoms with Gasteiger partial charge in [-0.3, -0.25) is 15.0 Å². The molecule has 0 saturated heterocycles. The van der Waals surface area contributed by atoms with Crippen LogP contribution in [0.15, 0.2) is 10.9 Å². The monoisotopic (exact) mass is 271 g/mol. The van der Waals surface area contributed by atoms with Crippen molar-refractivity contribution in [1.82, 2.24) is 9.66 Å². The van der Waals surface area contributed by atoms with Crippen LogP contribution in [0, 0.1) is 13.8 Å². The van der Waals surface area contributed by atoms with E-state index >= 15 is 0 Å². The topological polar surface area (TPSA) is 64.0 Å². The number of thiophene rings is 1. The van der Waals surface area contributed by atoms with Crippen molar-refractivity contribution in [2.75, 3.05) is 11.3 Å². The minimum absolute atomic E-state index is 0.202. The Hall–Kier alpha value is -1.40. The second-order valence-corrected chi connectivity index (χ2v) is 5.05. The summed E-state index contributed by atoms with van der Waals surface area (Å²) < 4.78 is 1.12. The van der Waals surface area contributed by atoms with Gasteiger partial charge in [-0.25, -0.2) is 9.66 Å². The maximum absolute atomic E-state index is 12.1. The van der Waals surface area contributed by atoms with Gasteiger partial charge in [-0.05, 0) is 19.9 Å². The lowest BCUT2D eigenvalue weighted by molar-refractivity contribution is -0.114. The Labute approximate surface area is 106 Å². The van der Waals surface area contributed by atoms with E-state index in [0.717, 1.165) is 9.55 Å². The van der Waals surface area contributed by atoms with E-state index in [1.807, 2.05) is 6.92 Å². The van der Waals surface area contributed by atoms with E-state index in [4.69, 9.17) is 11.6 Å². The van der Waals surface area contributed by atoms with Gasteiger partial charge in [-0.15, -0.1) is 22.9 Å². The molecule has 1 N–H and O–H groups in total. The van der Waals surface area contributed by atoms with E-state index in [1.165, 1.54) is 11.3 Å². The highest BCUT2D eigenvalue weighted by molar-refractivity contribution is 7.18. The minimum atomic E-state index is -0.440. The highest BCUT2D eigenvalue weighted by Gasteiger charge is 2.12. The molecule has 2 heterocycles. The minimum Gasteiger partial charge on any atom is -0.272 e. The first-order valence-electron chi connectivity index (χ1n) is 4.88. The van der Waals surface area contributed by atoms with Crippen molar-refractivity contribution < 1.29 is 4.79 Å². The van der Waals surface area contributed by atoms with Gasteiger partial charge in [0.15, 0.2) is 0 Å². The van der Waals surface area contributed by atoms with E-state index in [2.05, 4.69) is 10.4 Å². The number of carbonyl (C=O) groups excluding carboxylic acids is 1. The van der Waals surface area contributed by atoms with Crippen LogP contribution in [0.3, 0.4) is 0 Å². The molecule has 0 atom stereocenters. The summed E-state index contributed by atoms with van der Waals surface area (Å²) >= 11 is 6.83. The third-order valence-electron chi connectivity index (χ3n) is 2.21. The molecule has 90 valence electrons. The van der Waals surface area contributed by atoms with E-state index in [1.54, 1.807) is 13.0 Å². The Kier molecular flexibility index (Phi) is 3.17. The molecule has 2 aromatic heterocycles. The lowest BCUT2D eigenvalue weighted by Gasteiger charge is -2.09. The number of halogens is 1. The predicted molar refractivity (Wildman–Crippen MR) is 68.4 cm³/mol. The van der Waals surface area contributed by atoms with Crippen molar-refractivity contribution in [3.63, 3.8) is 0 Å². The molecule has 17 heavy (non-hydrogen) atoms. The molecule has 0 aromatic carbocycles. The SMILES string of the molecule is Cc1cc2c(=O)n(NC(=O)CCl)c(C)nc2s1. The average molecular weight is 272 g/mol. The average Bonchev–Trinajstić information content (AvgIpc) is 2.64. The fourth-order valence-electron chi connectivity index (χ4n) is 1.49. The lowest BCUT2D eigenvalue weighted by Crippen LogP contribution is -2.35. The molecule has 2 aromatic rings. The maximum atomic E-state index is 12.1. The standard InChI is InChI=1S/C10H10ClN3O2S/c1-5-3-7-9(17-5)12-6(2)14(10(7)16)13-8(15)4-11/h3H,4H2,1-2H3,(H,13,15). The van der Waals surface area contributed by atoms with E-state index in [9.17, 15) is 9.59 Å². The molecule has 5 nitrogen and oxygen atoms in total. The Morgan fingerprint density at radius 1 is 1.59 bits per heavy atom. The van der Waals surface area contributed by atoms with Crippen LogP contribution in [0.2, 0.25) is 0 Å². The highest BCUT2D eigenvalue weighted by atomic mass is 35.5. The number of rotatable bonds is 2. The summed E-state index contributed by atoms with van der Waals surface area (Å²) in [6, 6.07) is 1.76. The summed E-state index contributed by atoms with van der Waals surface area (Å²) in [6.07, 6.45) is 0. The van der Waals surface area contributed by atoms with Crippen molar-refractivity contribution in [1.29, 1.82) is 0 Å². The molecule has 0 aliphatic rings. The van der Waals surface area contributed by atoms with Crippen LogP contribution >= 0.6 is 22.9 Å². The van der Waals surface area contributed by atoms with Crippen LogP contribution in [-0.2, 0) is 4.79 Å². The van der Waals surface area contributed by atoms with Gasteiger partial charge >= 0.3 is 0 Å². The number of aromatic nitrogens is 2. The van der Waals surface area contributed by atoms with Crippen molar-refractivity contribution in [2.45, 2.75) is 13.8 Å². The number of fused-ring (bicyclic) bond motifs is 1. The van der Waals surface area contributed by atoms with Gasteiger partial charge in [0.25, 0.3) is 11.5 Å². The van der Waals surface area contributed by atoms with Crippen LogP contribution < -0.4 is 11.0 Å². The molecule has 0 saturated carbocycles. The number of alkyl halides is 1. The fraction of sp³-hybridized carbons (Fsp3) is 0.300. The van der Waals surface area contributed by atoms with E-state index in [-0.39, 0.29) is 11.4 Å². The smallest absolute Gasteiger partial charge is 0.272 e. The normalized spacial score (nSPS) is 10.8. The largest absolute Gasteiger partial charge is 0.281 e. The zero-order chi connectivity index (χ0) is 12.6. The van der Waals surface area contributed by atoms with Crippen LogP contribution in [0.4, 0.5) is 0 Å². The Morgan fingerprint density at radius 2 is 2.29 bits per heavy atom. The number of amides is 1. The Morgan fingerprint density at radius 3 is 2.94 bits per heavy atom. The molecule has 0 unspecified atom stereocenters. The van der Waals surface area contributed by atoms with Gasteiger partial charge in [-0.2, -0.15) is 0 Å². The van der Waals surface area contributed by atoms with Crippen LogP contribution in [0.5, 0.6) is 0 Å².